The quantitative estimate of drug-likeness (QED) is 0.534. The predicted molar refractivity (Wildman–Crippen MR) is 114 cm³/mol. The highest BCUT2D eigenvalue weighted by molar-refractivity contribution is 7.80. The zero-order chi connectivity index (χ0) is 22.5. The van der Waals surface area contributed by atoms with Gasteiger partial charge in [-0.25, -0.2) is 9.37 Å². The average molecular weight is 435 g/mol. The molecule has 1 aromatic heterocycles. The topological polar surface area (TPSA) is 94.6 Å². The average Bonchev–Trinajstić information content (AvgIpc) is 2.69. The molecule has 0 bridgehead atoms. The zero-order valence-electron chi connectivity index (χ0n) is 17.6. The first kappa shape index (κ1) is 23.5. The number of benzene rings is 1. The van der Waals surface area contributed by atoms with Crippen molar-refractivity contribution in [1.82, 2.24) is 10.3 Å². The first-order chi connectivity index (χ1) is 14.0. The number of rotatable bonds is 7. The van der Waals surface area contributed by atoms with E-state index in [4.69, 9.17) is 4.74 Å². The van der Waals surface area contributed by atoms with Gasteiger partial charge in [0.25, 0.3) is 0 Å². The summed E-state index contributed by atoms with van der Waals surface area (Å²) >= 11 is -2.57. The molecule has 0 saturated carbocycles. The van der Waals surface area contributed by atoms with Gasteiger partial charge in [-0.2, -0.15) is 0 Å². The van der Waals surface area contributed by atoms with Crippen LogP contribution in [0.1, 0.15) is 37.6 Å². The third-order valence-electron chi connectivity index (χ3n) is 4.31. The number of aromatic nitrogens is 1. The maximum Gasteiger partial charge on any atom is 0.244 e. The molecule has 0 radical (unpaired) electrons. The van der Waals surface area contributed by atoms with Gasteiger partial charge in [0.1, 0.15) is 5.82 Å². The lowest BCUT2D eigenvalue weighted by molar-refractivity contribution is -0.116. The zero-order valence-corrected chi connectivity index (χ0v) is 18.4. The Bertz CT molecular complexity index is 973. The van der Waals surface area contributed by atoms with E-state index in [-0.39, 0.29) is 23.6 Å². The number of hydrogen-bond acceptors (Lipinski definition) is 5. The van der Waals surface area contributed by atoms with Crippen molar-refractivity contribution in [3.8, 4) is 5.88 Å². The number of halogens is 1. The monoisotopic (exact) mass is 434 g/mol. The summed E-state index contributed by atoms with van der Waals surface area (Å²) in [5, 5.41) is 2.65. The van der Waals surface area contributed by atoms with E-state index in [1.807, 2.05) is 32.9 Å². The van der Waals surface area contributed by atoms with Crippen LogP contribution < -0.4 is 14.4 Å². The molecule has 1 unspecified atom stereocenters. The minimum absolute atomic E-state index is 0.0726. The Labute approximate surface area is 178 Å². The Morgan fingerprint density at radius 2 is 2.03 bits per heavy atom. The van der Waals surface area contributed by atoms with Crippen LogP contribution in [0.25, 0.3) is 6.08 Å². The number of nitrogens with zero attached hydrogens (tertiary/aromatic N) is 2. The molecule has 0 aliphatic carbocycles. The van der Waals surface area contributed by atoms with Gasteiger partial charge in [-0.3, -0.25) is 9.00 Å². The number of hydrogen-bond donors (Lipinski definition) is 1. The number of carbonyl (C=O) groups excluding carboxylic acids is 1. The van der Waals surface area contributed by atoms with Crippen molar-refractivity contribution in [1.29, 1.82) is 0 Å². The molecule has 1 amide bonds. The summed E-state index contributed by atoms with van der Waals surface area (Å²) in [7, 11) is 2.76. The highest BCUT2D eigenvalue weighted by Crippen LogP contribution is 2.25. The standard InChI is InChI=1S/C21H26FN3O4S/c1-21(2,3)18-10-7-15(20(24-18)29-5)8-11-19(26)23-13-14-6-9-17(16(22)12-14)25(4)30(27)28/h6-12H,13H2,1-5H3,(H,23,26)(H,27,28)/p-1. The van der Waals surface area contributed by atoms with Crippen molar-refractivity contribution in [3.63, 3.8) is 0 Å². The highest BCUT2D eigenvalue weighted by atomic mass is 32.2. The van der Waals surface area contributed by atoms with E-state index in [1.54, 1.807) is 12.1 Å². The Morgan fingerprint density at radius 1 is 1.33 bits per heavy atom. The van der Waals surface area contributed by atoms with Crippen molar-refractivity contribution in [2.75, 3.05) is 18.5 Å². The van der Waals surface area contributed by atoms with E-state index < -0.39 is 17.1 Å². The fraction of sp³-hybridized carbons (Fsp3) is 0.333. The van der Waals surface area contributed by atoms with Crippen LogP contribution in [0.4, 0.5) is 10.1 Å². The summed E-state index contributed by atoms with van der Waals surface area (Å²) in [4.78, 5) is 16.6. The van der Waals surface area contributed by atoms with Crippen LogP contribution in [0.3, 0.4) is 0 Å². The minimum atomic E-state index is -2.57. The molecule has 0 aliphatic rings. The molecule has 1 N–H and O–H groups in total. The summed E-state index contributed by atoms with van der Waals surface area (Å²) in [5.74, 6) is -0.651. The van der Waals surface area contributed by atoms with Crippen LogP contribution in [0.15, 0.2) is 36.4 Å². The van der Waals surface area contributed by atoms with Gasteiger partial charge >= 0.3 is 0 Å². The van der Waals surface area contributed by atoms with Gasteiger partial charge in [0.2, 0.25) is 11.8 Å². The third-order valence-corrected chi connectivity index (χ3v) is 4.95. The lowest BCUT2D eigenvalue weighted by Crippen LogP contribution is -2.22. The molecule has 2 rings (SSSR count). The number of amides is 1. The van der Waals surface area contributed by atoms with Gasteiger partial charge < -0.3 is 18.9 Å². The number of pyridine rings is 1. The molecule has 1 aromatic carbocycles. The summed E-state index contributed by atoms with van der Waals surface area (Å²) in [5.41, 5.74) is 1.82. The molecule has 2 aromatic rings. The normalized spacial score (nSPS) is 12.6. The summed E-state index contributed by atoms with van der Waals surface area (Å²) in [6.07, 6.45) is 2.94. The van der Waals surface area contributed by atoms with Crippen molar-refractivity contribution >= 4 is 28.9 Å². The fourth-order valence-corrected chi connectivity index (χ4v) is 2.88. The Morgan fingerprint density at radius 3 is 2.60 bits per heavy atom. The Balaban J connectivity index is 2.04. The van der Waals surface area contributed by atoms with Crippen LogP contribution in [0, 0.1) is 5.82 Å². The molecule has 0 aliphatic heterocycles. The number of anilines is 1. The van der Waals surface area contributed by atoms with Gasteiger partial charge in [0.15, 0.2) is 0 Å². The second kappa shape index (κ2) is 9.82. The Hall–Kier alpha value is -2.78. The van der Waals surface area contributed by atoms with E-state index in [2.05, 4.69) is 10.3 Å². The van der Waals surface area contributed by atoms with Crippen molar-refractivity contribution in [2.24, 2.45) is 0 Å². The smallest absolute Gasteiger partial charge is 0.244 e. The second-order valence-corrected chi connectivity index (χ2v) is 8.58. The number of methoxy groups -OCH3 is 1. The number of ether oxygens (including phenoxy) is 1. The van der Waals surface area contributed by atoms with Crippen molar-refractivity contribution in [3.05, 3.63) is 59.0 Å². The highest BCUT2D eigenvalue weighted by Gasteiger charge is 2.17. The number of nitrogens with one attached hydrogen (secondary N) is 1. The van der Waals surface area contributed by atoms with Crippen LogP contribution in [-0.2, 0) is 28.0 Å². The molecular formula is C21H25FN3O4S-. The molecule has 1 atom stereocenters. The van der Waals surface area contributed by atoms with E-state index >= 15 is 0 Å². The van der Waals surface area contributed by atoms with Gasteiger partial charge in [-0.15, -0.1) is 0 Å². The number of carbonyl (C=O) groups is 1. The largest absolute Gasteiger partial charge is 0.755 e. The fourth-order valence-electron chi connectivity index (χ4n) is 2.57. The third kappa shape index (κ3) is 6.11. The molecule has 7 nitrogen and oxygen atoms in total. The van der Waals surface area contributed by atoms with E-state index in [9.17, 15) is 17.9 Å². The first-order valence-electron chi connectivity index (χ1n) is 9.16. The van der Waals surface area contributed by atoms with Crippen molar-refractivity contribution in [2.45, 2.75) is 32.7 Å². The van der Waals surface area contributed by atoms with Gasteiger partial charge in [0.05, 0.1) is 12.8 Å². The van der Waals surface area contributed by atoms with E-state index in [0.717, 1.165) is 10.00 Å². The Kier molecular flexibility index (Phi) is 7.69. The van der Waals surface area contributed by atoms with Gasteiger partial charge in [-0.05, 0) is 35.9 Å². The molecule has 0 fully saturated rings. The maximum absolute atomic E-state index is 14.1. The maximum atomic E-state index is 14.1. The lowest BCUT2D eigenvalue weighted by Gasteiger charge is -2.21. The molecule has 9 heteroatoms. The van der Waals surface area contributed by atoms with Gasteiger partial charge in [0, 0.05) is 47.6 Å². The van der Waals surface area contributed by atoms with E-state index in [1.165, 1.54) is 32.4 Å². The van der Waals surface area contributed by atoms with Crippen molar-refractivity contribution < 1.29 is 22.7 Å². The van der Waals surface area contributed by atoms with Crippen LogP contribution in [0.5, 0.6) is 5.88 Å². The summed E-state index contributed by atoms with van der Waals surface area (Å²) in [6.45, 7) is 6.23. The molecule has 162 valence electrons. The summed E-state index contributed by atoms with van der Waals surface area (Å²) in [6, 6.07) is 7.79. The lowest BCUT2D eigenvalue weighted by atomic mass is 9.91. The minimum Gasteiger partial charge on any atom is -0.755 e. The molecular weight excluding hydrogens is 409 g/mol. The van der Waals surface area contributed by atoms with Crippen LogP contribution in [0.2, 0.25) is 0 Å². The van der Waals surface area contributed by atoms with Crippen LogP contribution in [-0.4, -0.2) is 33.8 Å². The first-order valence-corrected chi connectivity index (χ1v) is 10.2. The molecule has 30 heavy (non-hydrogen) atoms. The van der Waals surface area contributed by atoms with E-state index in [0.29, 0.717) is 17.0 Å². The molecule has 0 spiro atoms. The SMILES string of the molecule is COc1nc(C(C)(C)C)ccc1C=CC(=O)NCc1ccc(N(C)S(=O)[O-])c(F)c1. The molecule has 0 saturated heterocycles. The summed E-state index contributed by atoms with van der Waals surface area (Å²) < 4.78 is 42.1. The molecule has 1 heterocycles. The van der Waals surface area contributed by atoms with Gasteiger partial charge in [-0.1, -0.05) is 26.8 Å². The second-order valence-electron chi connectivity index (χ2n) is 7.60. The van der Waals surface area contributed by atoms with Crippen LogP contribution >= 0.6 is 0 Å². The predicted octanol–water partition coefficient (Wildman–Crippen LogP) is 3.09.